The summed E-state index contributed by atoms with van der Waals surface area (Å²) < 4.78 is 0. The second kappa shape index (κ2) is 5.87. The molecule has 1 amide bonds. The number of hydrogen-bond acceptors (Lipinski definition) is 2. The Hall–Kier alpha value is -1.06. The Bertz CT molecular complexity index is 366. The number of benzene rings is 1. The van der Waals surface area contributed by atoms with Gasteiger partial charge in [0.05, 0.1) is 12.5 Å². The van der Waals surface area contributed by atoms with Crippen LogP contribution < -0.4 is 5.32 Å². The van der Waals surface area contributed by atoms with Crippen LogP contribution in [0.1, 0.15) is 13.8 Å². The molecular formula is C12H16ClNO2. The average molecular weight is 242 g/mol. The Morgan fingerprint density at radius 1 is 1.50 bits per heavy atom. The van der Waals surface area contributed by atoms with Gasteiger partial charge in [0.1, 0.15) is 0 Å². The summed E-state index contributed by atoms with van der Waals surface area (Å²) in [6.45, 7) is 3.65. The number of aliphatic hydroxyl groups is 1. The van der Waals surface area contributed by atoms with E-state index in [1.807, 2.05) is 13.8 Å². The fourth-order valence-corrected chi connectivity index (χ4v) is 1.59. The first-order valence-corrected chi connectivity index (χ1v) is 5.59. The number of hydrogen-bond donors (Lipinski definition) is 2. The lowest BCUT2D eigenvalue weighted by Crippen LogP contribution is -2.29. The molecule has 0 spiro atoms. The van der Waals surface area contributed by atoms with Crippen LogP contribution in [0.3, 0.4) is 0 Å². The third-order valence-corrected chi connectivity index (χ3v) is 2.67. The van der Waals surface area contributed by atoms with E-state index in [9.17, 15) is 4.79 Å². The van der Waals surface area contributed by atoms with E-state index in [1.165, 1.54) is 0 Å². The largest absolute Gasteiger partial charge is 0.396 e. The maximum absolute atomic E-state index is 11.8. The van der Waals surface area contributed by atoms with E-state index in [0.717, 1.165) is 0 Å². The minimum atomic E-state index is -0.390. The molecule has 1 atom stereocenters. The zero-order chi connectivity index (χ0) is 12.1. The SMILES string of the molecule is CC(C)C(CO)C(=O)Nc1cccc(Cl)c1. The van der Waals surface area contributed by atoms with Crippen LogP contribution in [0.4, 0.5) is 5.69 Å². The van der Waals surface area contributed by atoms with E-state index < -0.39 is 0 Å². The Kier molecular flexibility index (Phi) is 4.77. The summed E-state index contributed by atoms with van der Waals surface area (Å²) in [5, 5.41) is 12.4. The smallest absolute Gasteiger partial charge is 0.230 e. The molecule has 2 N–H and O–H groups in total. The van der Waals surface area contributed by atoms with Crippen LogP contribution in [-0.4, -0.2) is 17.6 Å². The molecule has 0 heterocycles. The molecule has 16 heavy (non-hydrogen) atoms. The quantitative estimate of drug-likeness (QED) is 0.851. The predicted molar refractivity (Wildman–Crippen MR) is 65.5 cm³/mol. The molecule has 88 valence electrons. The van der Waals surface area contributed by atoms with Gasteiger partial charge < -0.3 is 10.4 Å². The van der Waals surface area contributed by atoms with E-state index in [0.29, 0.717) is 10.7 Å². The molecule has 1 aromatic rings. The van der Waals surface area contributed by atoms with Gasteiger partial charge in [-0.1, -0.05) is 31.5 Å². The molecule has 0 aliphatic carbocycles. The lowest BCUT2D eigenvalue weighted by molar-refractivity contribution is -0.122. The van der Waals surface area contributed by atoms with Crippen LogP contribution in [0.15, 0.2) is 24.3 Å². The van der Waals surface area contributed by atoms with E-state index in [1.54, 1.807) is 24.3 Å². The standard InChI is InChI=1S/C12H16ClNO2/c1-8(2)11(7-15)12(16)14-10-5-3-4-9(13)6-10/h3-6,8,11,15H,7H2,1-2H3,(H,14,16). The summed E-state index contributed by atoms with van der Waals surface area (Å²) in [6.07, 6.45) is 0. The van der Waals surface area contributed by atoms with Crippen molar-refractivity contribution in [3.8, 4) is 0 Å². The van der Waals surface area contributed by atoms with Crippen molar-refractivity contribution in [2.24, 2.45) is 11.8 Å². The van der Waals surface area contributed by atoms with Crippen molar-refractivity contribution in [2.75, 3.05) is 11.9 Å². The first kappa shape index (κ1) is 13.0. The second-order valence-electron chi connectivity index (χ2n) is 4.03. The highest BCUT2D eigenvalue weighted by Gasteiger charge is 2.21. The monoisotopic (exact) mass is 241 g/mol. The van der Waals surface area contributed by atoms with Gasteiger partial charge in [0.2, 0.25) is 5.91 Å². The molecule has 1 aromatic carbocycles. The summed E-state index contributed by atoms with van der Waals surface area (Å²) in [7, 11) is 0. The number of halogens is 1. The van der Waals surface area contributed by atoms with E-state index in [-0.39, 0.29) is 24.3 Å². The average Bonchev–Trinajstić information content (AvgIpc) is 2.17. The molecule has 0 saturated carbocycles. The summed E-state index contributed by atoms with van der Waals surface area (Å²) in [5.74, 6) is -0.470. The van der Waals surface area contributed by atoms with Gasteiger partial charge in [-0.15, -0.1) is 0 Å². The van der Waals surface area contributed by atoms with Gasteiger partial charge in [0.15, 0.2) is 0 Å². The molecule has 0 radical (unpaired) electrons. The van der Waals surface area contributed by atoms with Crippen LogP contribution in [0.25, 0.3) is 0 Å². The minimum Gasteiger partial charge on any atom is -0.396 e. The summed E-state index contributed by atoms with van der Waals surface area (Å²) in [6, 6.07) is 6.94. The number of nitrogens with one attached hydrogen (secondary N) is 1. The number of carbonyl (C=O) groups excluding carboxylic acids is 1. The van der Waals surface area contributed by atoms with Gasteiger partial charge in [-0.25, -0.2) is 0 Å². The van der Waals surface area contributed by atoms with Gasteiger partial charge in [0, 0.05) is 10.7 Å². The van der Waals surface area contributed by atoms with Crippen molar-refractivity contribution >= 4 is 23.2 Å². The molecule has 1 rings (SSSR count). The van der Waals surface area contributed by atoms with Crippen molar-refractivity contribution in [3.05, 3.63) is 29.3 Å². The third-order valence-electron chi connectivity index (χ3n) is 2.43. The van der Waals surface area contributed by atoms with Gasteiger partial charge in [-0.05, 0) is 24.1 Å². The highest BCUT2D eigenvalue weighted by atomic mass is 35.5. The normalized spacial score (nSPS) is 12.6. The van der Waals surface area contributed by atoms with Crippen LogP contribution >= 0.6 is 11.6 Å². The Balaban J connectivity index is 2.70. The van der Waals surface area contributed by atoms with Crippen molar-refractivity contribution in [1.29, 1.82) is 0 Å². The van der Waals surface area contributed by atoms with Crippen LogP contribution in [0.2, 0.25) is 5.02 Å². The fraction of sp³-hybridized carbons (Fsp3) is 0.417. The maximum Gasteiger partial charge on any atom is 0.230 e. The van der Waals surface area contributed by atoms with Crippen LogP contribution in [0, 0.1) is 11.8 Å². The molecule has 0 aliphatic rings. The van der Waals surface area contributed by atoms with Crippen molar-refractivity contribution in [1.82, 2.24) is 0 Å². The number of anilines is 1. The lowest BCUT2D eigenvalue weighted by Gasteiger charge is -2.17. The molecule has 3 nitrogen and oxygen atoms in total. The fourth-order valence-electron chi connectivity index (χ4n) is 1.40. The molecule has 4 heteroatoms. The van der Waals surface area contributed by atoms with Gasteiger partial charge in [0.25, 0.3) is 0 Å². The zero-order valence-corrected chi connectivity index (χ0v) is 10.2. The van der Waals surface area contributed by atoms with Crippen LogP contribution in [-0.2, 0) is 4.79 Å². The van der Waals surface area contributed by atoms with Gasteiger partial charge >= 0.3 is 0 Å². The van der Waals surface area contributed by atoms with Gasteiger partial charge in [-0.2, -0.15) is 0 Å². The first-order valence-electron chi connectivity index (χ1n) is 5.22. The number of rotatable bonds is 4. The first-order chi connectivity index (χ1) is 7.54. The minimum absolute atomic E-state index is 0.101. The maximum atomic E-state index is 11.8. The Labute approximate surface area is 100 Å². The highest BCUT2D eigenvalue weighted by Crippen LogP contribution is 2.17. The summed E-state index contributed by atoms with van der Waals surface area (Å²) in [4.78, 5) is 11.8. The number of carbonyl (C=O) groups is 1. The predicted octanol–water partition coefficient (Wildman–Crippen LogP) is 2.54. The molecule has 0 saturated heterocycles. The second-order valence-corrected chi connectivity index (χ2v) is 4.47. The van der Waals surface area contributed by atoms with Crippen molar-refractivity contribution < 1.29 is 9.90 Å². The number of aliphatic hydroxyl groups excluding tert-OH is 1. The zero-order valence-electron chi connectivity index (χ0n) is 9.40. The molecular weight excluding hydrogens is 226 g/mol. The van der Waals surface area contributed by atoms with E-state index in [2.05, 4.69) is 5.32 Å². The van der Waals surface area contributed by atoms with Crippen molar-refractivity contribution in [3.63, 3.8) is 0 Å². The summed E-state index contributed by atoms with van der Waals surface area (Å²) >= 11 is 5.80. The van der Waals surface area contributed by atoms with Gasteiger partial charge in [-0.3, -0.25) is 4.79 Å². The van der Waals surface area contributed by atoms with Crippen molar-refractivity contribution in [2.45, 2.75) is 13.8 Å². The number of amides is 1. The third kappa shape index (κ3) is 3.51. The topological polar surface area (TPSA) is 49.3 Å². The molecule has 0 bridgehead atoms. The van der Waals surface area contributed by atoms with E-state index in [4.69, 9.17) is 16.7 Å². The van der Waals surface area contributed by atoms with E-state index >= 15 is 0 Å². The summed E-state index contributed by atoms with van der Waals surface area (Å²) in [5.41, 5.74) is 0.650. The molecule has 0 aromatic heterocycles. The Morgan fingerprint density at radius 2 is 2.19 bits per heavy atom. The lowest BCUT2D eigenvalue weighted by atomic mass is 9.96. The highest BCUT2D eigenvalue weighted by molar-refractivity contribution is 6.30. The molecule has 0 aliphatic heterocycles. The molecule has 1 unspecified atom stereocenters. The molecule has 0 fully saturated rings. The Morgan fingerprint density at radius 3 is 2.69 bits per heavy atom. The van der Waals surface area contributed by atoms with Crippen LogP contribution in [0.5, 0.6) is 0 Å².